The second kappa shape index (κ2) is 3.22. The molecule has 0 amide bonds. The lowest BCUT2D eigenvalue weighted by atomic mass is 9.95. The average Bonchev–Trinajstić information content (AvgIpc) is 2.81. The van der Waals surface area contributed by atoms with Gasteiger partial charge in [-0.3, -0.25) is 0 Å². The molecular formula is C11H13BrClN. The molecule has 0 atom stereocenters. The maximum Gasteiger partial charge on any atom is 0.0450 e. The van der Waals surface area contributed by atoms with Crippen LogP contribution >= 0.6 is 27.5 Å². The van der Waals surface area contributed by atoms with E-state index in [0.29, 0.717) is 0 Å². The van der Waals surface area contributed by atoms with Gasteiger partial charge in [0.2, 0.25) is 0 Å². The Morgan fingerprint density at radius 3 is 2.43 bits per heavy atom. The van der Waals surface area contributed by atoms with Crippen molar-refractivity contribution in [1.29, 1.82) is 0 Å². The Labute approximate surface area is 97.8 Å². The number of hydrogen-bond acceptors (Lipinski definition) is 1. The summed E-state index contributed by atoms with van der Waals surface area (Å²) >= 11 is 9.65. The summed E-state index contributed by atoms with van der Waals surface area (Å²) in [6, 6.07) is 1.95. The van der Waals surface area contributed by atoms with Crippen LogP contribution in [-0.2, 0) is 5.54 Å². The van der Waals surface area contributed by atoms with Crippen molar-refractivity contribution in [2.24, 2.45) is 5.73 Å². The van der Waals surface area contributed by atoms with Crippen LogP contribution in [0.25, 0.3) is 0 Å². The Hall–Kier alpha value is -0.0500. The molecule has 1 aromatic rings. The van der Waals surface area contributed by atoms with E-state index in [9.17, 15) is 0 Å². The predicted molar refractivity (Wildman–Crippen MR) is 63.7 cm³/mol. The molecule has 1 aliphatic rings. The van der Waals surface area contributed by atoms with Crippen LogP contribution in [0.1, 0.15) is 29.5 Å². The molecule has 0 saturated heterocycles. The summed E-state index contributed by atoms with van der Waals surface area (Å²) < 4.78 is 1.06. The highest BCUT2D eigenvalue weighted by atomic mass is 79.9. The topological polar surface area (TPSA) is 26.0 Å². The molecule has 0 bridgehead atoms. The summed E-state index contributed by atoms with van der Waals surface area (Å²) in [5, 5.41) is 0.800. The number of halogens is 2. The van der Waals surface area contributed by atoms with E-state index in [2.05, 4.69) is 22.9 Å². The Kier molecular flexibility index (Phi) is 2.41. The zero-order valence-corrected chi connectivity index (χ0v) is 10.7. The van der Waals surface area contributed by atoms with Gasteiger partial charge in [0, 0.05) is 15.0 Å². The predicted octanol–water partition coefficient (Wildman–Crippen LogP) is 3.67. The van der Waals surface area contributed by atoms with Gasteiger partial charge in [0.25, 0.3) is 0 Å². The Morgan fingerprint density at radius 1 is 1.36 bits per heavy atom. The molecular weight excluding hydrogens is 261 g/mol. The third-order valence-electron chi connectivity index (χ3n) is 3.01. The minimum Gasteiger partial charge on any atom is -0.321 e. The van der Waals surface area contributed by atoms with Crippen LogP contribution in [-0.4, -0.2) is 0 Å². The molecule has 1 aromatic carbocycles. The van der Waals surface area contributed by atoms with Crippen molar-refractivity contribution in [1.82, 2.24) is 0 Å². The van der Waals surface area contributed by atoms with E-state index in [1.54, 1.807) is 0 Å². The highest BCUT2D eigenvalue weighted by molar-refractivity contribution is 9.10. The summed E-state index contributed by atoms with van der Waals surface area (Å²) in [6.45, 7) is 4.14. The maximum atomic E-state index is 6.23. The molecule has 0 radical (unpaired) electrons. The first-order valence-electron chi connectivity index (χ1n) is 4.70. The minimum atomic E-state index is -0.110. The van der Waals surface area contributed by atoms with Gasteiger partial charge in [-0.1, -0.05) is 27.5 Å². The van der Waals surface area contributed by atoms with Crippen LogP contribution in [0.4, 0.5) is 0 Å². The molecule has 1 saturated carbocycles. The fraction of sp³-hybridized carbons (Fsp3) is 0.455. The summed E-state index contributed by atoms with van der Waals surface area (Å²) in [5.74, 6) is 0. The molecule has 1 nitrogen and oxygen atoms in total. The Balaban J connectivity index is 2.68. The molecule has 76 valence electrons. The van der Waals surface area contributed by atoms with Gasteiger partial charge in [-0.2, -0.15) is 0 Å². The summed E-state index contributed by atoms with van der Waals surface area (Å²) in [6.07, 6.45) is 2.14. The van der Waals surface area contributed by atoms with Crippen molar-refractivity contribution in [2.75, 3.05) is 0 Å². The second-order valence-corrected chi connectivity index (χ2v) is 5.38. The molecule has 0 spiro atoms. The third kappa shape index (κ3) is 1.50. The zero-order chi connectivity index (χ0) is 10.5. The SMILES string of the molecule is Cc1c(Cl)cc(Br)c(C)c1C1(N)CC1. The highest BCUT2D eigenvalue weighted by Crippen LogP contribution is 2.48. The van der Waals surface area contributed by atoms with Gasteiger partial charge in [-0.25, -0.2) is 0 Å². The van der Waals surface area contributed by atoms with Gasteiger partial charge in [-0.05, 0) is 49.4 Å². The van der Waals surface area contributed by atoms with Crippen molar-refractivity contribution in [3.63, 3.8) is 0 Å². The van der Waals surface area contributed by atoms with E-state index in [0.717, 1.165) is 27.9 Å². The fourth-order valence-electron chi connectivity index (χ4n) is 1.98. The Bertz CT molecular complexity index is 371. The van der Waals surface area contributed by atoms with Crippen molar-refractivity contribution in [3.05, 3.63) is 32.3 Å². The third-order valence-corrected chi connectivity index (χ3v) is 4.22. The number of benzene rings is 1. The van der Waals surface area contributed by atoms with Crippen LogP contribution in [0.3, 0.4) is 0 Å². The van der Waals surface area contributed by atoms with E-state index < -0.39 is 0 Å². The standard InChI is InChI=1S/C11H13BrClN/c1-6-8(12)5-9(13)7(2)10(6)11(14)3-4-11/h5H,3-4,14H2,1-2H3. The van der Waals surface area contributed by atoms with Crippen molar-refractivity contribution >= 4 is 27.5 Å². The van der Waals surface area contributed by atoms with Crippen LogP contribution < -0.4 is 5.73 Å². The molecule has 2 N–H and O–H groups in total. The van der Waals surface area contributed by atoms with Gasteiger partial charge in [0.05, 0.1) is 0 Å². The molecule has 3 heteroatoms. The molecule has 1 aliphatic carbocycles. The van der Waals surface area contributed by atoms with Crippen LogP contribution in [0, 0.1) is 13.8 Å². The fourth-order valence-corrected chi connectivity index (χ4v) is 2.74. The molecule has 2 rings (SSSR count). The number of rotatable bonds is 1. The van der Waals surface area contributed by atoms with E-state index in [1.807, 2.05) is 13.0 Å². The maximum absolute atomic E-state index is 6.23. The van der Waals surface area contributed by atoms with Gasteiger partial charge in [0.1, 0.15) is 0 Å². The smallest absolute Gasteiger partial charge is 0.0450 e. The van der Waals surface area contributed by atoms with Crippen LogP contribution in [0.5, 0.6) is 0 Å². The molecule has 0 aromatic heterocycles. The van der Waals surface area contributed by atoms with Gasteiger partial charge in [0.15, 0.2) is 0 Å². The minimum absolute atomic E-state index is 0.110. The lowest BCUT2D eigenvalue weighted by molar-refractivity contribution is 0.725. The van der Waals surface area contributed by atoms with Crippen molar-refractivity contribution in [3.8, 4) is 0 Å². The molecule has 0 unspecified atom stereocenters. The average molecular weight is 275 g/mol. The lowest BCUT2D eigenvalue weighted by Crippen LogP contribution is -2.21. The van der Waals surface area contributed by atoms with Gasteiger partial charge < -0.3 is 5.73 Å². The number of nitrogens with two attached hydrogens (primary N) is 1. The number of hydrogen-bond donors (Lipinski definition) is 1. The zero-order valence-electron chi connectivity index (χ0n) is 8.32. The lowest BCUT2D eigenvalue weighted by Gasteiger charge is -2.18. The quantitative estimate of drug-likeness (QED) is 0.831. The van der Waals surface area contributed by atoms with Crippen molar-refractivity contribution in [2.45, 2.75) is 32.2 Å². The highest BCUT2D eigenvalue weighted by Gasteiger charge is 2.42. The second-order valence-electron chi connectivity index (χ2n) is 4.12. The molecule has 14 heavy (non-hydrogen) atoms. The molecule has 0 aliphatic heterocycles. The van der Waals surface area contributed by atoms with E-state index in [-0.39, 0.29) is 5.54 Å². The summed E-state index contributed by atoms with van der Waals surface area (Å²) in [4.78, 5) is 0. The first-order valence-corrected chi connectivity index (χ1v) is 5.87. The van der Waals surface area contributed by atoms with Crippen molar-refractivity contribution < 1.29 is 0 Å². The normalized spacial score (nSPS) is 18.4. The Morgan fingerprint density at radius 2 is 1.93 bits per heavy atom. The first kappa shape index (κ1) is 10.5. The van der Waals surface area contributed by atoms with Gasteiger partial charge >= 0.3 is 0 Å². The first-order chi connectivity index (χ1) is 6.46. The van der Waals surface area contributed by atoms with Crippen LogP contribution in [0.15, 0.2) is 10.5 Å². The van der Waals surface area contributed by atoms with Crippen LogP contribution in [0.2, 0.25) is 5.02 Å². The largest absolute Gasteiger partial charge is 0.321 e. The molecule has 0 heterocycles. The summed E-state index contributed by atoms with van der Waals surface area (Å²) in [5.41, 5.74) is 9.71. The van der Waals surface area contributed by atoms with E-state index in [1.165, 1.54) is 11.1 Å². The summed E-state index contributed by atoms with van der Waals surface area (Å²) in [7, 11) is 0. The van der Waals surface area contributed by atoms with Gasteiger partial charge in [-0.15, -0.1) is 0 Å². The monoisotopic (exact) mass is 273 g/mol. The molecule has 1 fully saturated rings. The van der Waals surface area contributed by atoms with E-state index in [4.69, 9.17) is 17.3 Å². The van der Waals surface area contributed by atoms with E-state index >= 15 is 0 Å².